The molecular weight excluding hydrogens is 399 g/mol. The zero-order chi connectivity index (χ0) is 20.5. The average Bonchev–Trinajstić information content (AvgIpc) is 3.15. The molecule has 1 saturated heterocycles. The van der Waals surface area contributed by atoms with Crippen LogP contribution in [0.25, 0.3) is 0 Å². The summed E-state index contributed by atoms with van der Waals surface area (Å²) < 4.78 is 19.9. The van der Waals surface area contributed by atoms with E-state index >= 15 is 0 Å². The van der Waals surface area contributed by atoms with Crippen LogP contribution in [0.5, 0.6) is 5.75 Å². The molecular formula is C25H24ClFN2O. The van der Waals surface area contributed by atoms with E-state index in [2.05, 4.69) is 21.9 Å². The molecule has 0 saturated carbocycles. The smallest absolute Gasteiger partial charge is 0.143 e. The van der Waals surface area contributed by atoms with Gasteiger partial charge in [-0.25, -0.2) is 4.39 Å². The number of hydrogen-bond donors (Lipinski definition) is 0. The van der Waals surface area contributed by atoms with Gasteiger partial charge in [0.05, 0.1) is 5.69 Å². The first kappa shape index (κ1) is 19.4. The van der Waals surface area contributed by atoms with Crippen LogP contribution in [0, 0.1) is 5.82 Å². The second-order valence-electron chi connectivity index (χ2n) is 8.02. The van der Waals surface area contributed by atoms with Crippen molar-refractivity contribution in [2.75, 3.05) is 24.5 Å². The van der Waals surface area contributed by atoms with Crippen LogP contribution < -0.4 is 9.64 Å². The maximum absolute atomic E-state index is 13.9. The third-order valence-corrected chi connectivity index (χ3v) is 6.26. The molecule has 0 bridgehead atoms. The van der Waals surface area contributed by atoms with Gasteiger partial charge in [-0.3, -0.25) is 0 Å². The van der Waals surface area contributed by atoms with Gasteiger partial charge in [0.25, 0.3) is 0 Å². The molecule has 0 N–H and O–H groups in total. The van der Waals surface area contributed by atoms with Gasteiger partial charge in [-0.15, -0.1) is 0 Å². The van der Waals surface area contributed by atoms with Crippen molar-refractivity contribution >= 4 is 23.0 Å². The van der Waals surface area contributed by atoms with Gasteiger partial charge in [-0.2, -0.15) is 0 Å². The third kappa shape index (κ3) is 3.90. The van der Waals surface area contributed by atoms with Crippen molar-refractivity contribution in [2.24, 2.45) is 0 Å². The molecule has 154 valence electrons. The molecule has 2 aliphatic heterocycles. The first-order chi connectivity index (χ1) is 14.7. The van der Waals surface area contributed by atoms with E-state index in [9.17, 15) is 4.39 Å². The van der Waals surface area contributed by atoms with Crippen LogP contribution in [0.4, 0.5) is 15.8 Å². The van der Waals surface area contributed by atoms with E-state index in [1.165, 1.54) is 5.56 Å². The predicted molar refractivity (Wildman–Crippen MR) is 119 cm³/mol. The first-order valence-corrected chi connectivity index (χ1v) is 10.8. The van der Waals surface area contributed by atoms with Gasteiger partial charge < -0.3 is 14.5 Å². The quantitative estimate of drug-likeness (QED) is 0.526. The van der Waals surface area contributed by atoms with Crippen LogP contribution in [0.1, 0.15) is 17.5 Å². The highest BCUT2D eigenvalue weighted by Crippen LogP contribution is 2.42. The number of fused-ring (bicyclic) bond motifs is 2. The lowest BCUT2D eigenvalue weighted by molar-refractivity contribution is 0.310. The van der Waals surface area contributed by atoms with Gasteiger partial charge in [0, 0.05) is 41.9 Å². The molecule has 3 aromatic carbocycles. The summed E-state index contributed by atoms with van der Waals surface area (Å²) in [6.45, 7) is 3.39. The maximum Gasteiger partial charge on any atom is 0.143 e. The predicted octanol–water partition coefficient (Wildman–Crippen LogP) is 5.83. The Bertz CT molecular complexity index is 1060. The molecule has 5 heteroatoms. The molecule has 3 nitrogen and oxygen atoms in total. The van der Waals surface area contributed by atoms with Crippen molar-refractivity contribution in [3.8, 4) is 5.75 Å². The molecule has 1 unspecified atom stereocenters. The SMILES string of the molecule is Fc1ccc2c(c1)COc1ccccc1N2C1CCN(CCc2cccc(Cl)c2)C1. The molecule has 0 aliphatic carbocycles. The van der Waals surface area contributed by atoms with Crippen LogP contribution in [-0.4, -0.2) is 30.6 Å². The van der Waals surface area contributed by atoms with E-state index in [-0.39, 0.29) is 5.82 Å². The summed E-state index contributed by atoms with van der Waals surface area (Å²) in [6, 6.07) is 21.6. The highest BCUT2D eigenvalue weighted by molar-refractivity contribution is 6.30. The number of likely N-dealkylation sites (tertiary alicyclic amines) is 1. The lowest BCUT2D eigenvalue weighted by atomic mass is 10.1. The second kappa shape index (κ2) is 8.29. The molecule has 2 heterocycles. The van der Waals surface area contributed by atoms with Crippen LogP contribution in [0.3, 0.4) is 0 Å². The van der Waals surface area contributed by atoms with Gasteiger partial charge >= 0.3 is 0 Å². The molecule has 0 amide bonds. The van der Waals surface area contributed by atoms with Crippen molar-refractivity contribution in [1.29, 1.82) is 0 Å². The average molecular weight is 423 g/mol. The Hall–Kier alpha value is -2.56. The van der Waals surface area contributed by atoms with E-state index < -0.39 is 0 Å². The monoisotopic (exact) mass is 422 g/mol. The second-order valence-corrected chi connectivity index (χ2v) is 8.46. The summed E-state index contributed by atoms with van der Waals surface area (Å²) in [6.07, 6.45) is 2.04. The number of anilines is 2. The molecule has 3 aromatic rings. The Labute approximate surface area is 181 Å². The van der Waals surface area contributed by atoms with E-state index in [1.54, 1.807) is 12.1 Å². The minimum absolute atomic E-state index is 0.224. The fraction of sp³-hybridized carbons (Fsp3) is 0.280. The summed E-state index contributed by atoms with van der Waals surface area (Å²) in [5.74, 6) is 0.629. The van der Waals surface area contributed by atoms with Crippen LogP contribution in [0.15, 0.2) is 66.7 Å². The van der Waals surface area contributed by atoms with Gasteiger partial charge in [-0.1, -0.05) is 35.9 Å². The summed E-state index contributed by atoms with van der Waals surface area (Å²) in [4.78, 5) is 4.86. The number of para-hydroxylation sites is 2. The summed E-state index contributed by atoms with van der Waals surface area (Å²) in [5, 5.41) is 0.789. The van der Waals surface area contributed by atoms with Crippen molar-refractivity contribution in [3.05, 3.63) is 88.7 Å². The largest absolute Gasteiger partial charge is 0.487 e. The number of halogens is 2. The van der Waals surface area contributed by atoms with Crippen molar-refractivity contribution in [3.63, 3.8) is 0 Å². The molecule has 0 aromatic heterocycles. The molecule has 2 aliphatic rings. The normalized spacial score (nSPS) is 18.5. The molecule has 1 atom stereocenters. The minimum atomic E-state index is -0.224. The van der Waals surface area contributed by atoms with Crippen LogP contribution in [-0.2, 0) is 13.0 Å². The zero-order valence-electron chi connectivity index (χ0n) is 16.7. The highest BCUT2D eigenvalue weighted by atomic mass is 35.5. The molecule has 0 spiro atoms. The Kier molecular flexibility index (Phi) is 5.36. The van der Waals surface area contributed by atoms with Crippen molar-refractivity contribution < 1.29 is 9.13 Å². The van der Waals surface area contributed by atoms with Crippen LogP contribution in [0.2, 0.25) is 5.02 Å². The van der Waals surface area contributed by atoms with E-state index in [0.717, 1.165) is 60.2 Å². The van der Waals surface area contributed by atoms with Crippen molar-refractivity contribution in [2.45, 2.75) is 25.5 Å². The zero-order valence-corrected chi connectivity index (χ0v) is 17.5. The summed E-state index contributed by atoms with van der Waals surface area (Å²) in [7, 11) is 0. The van der Waals surface area contributed by atoms with Gasteiger partial charge in [0.1, 0.15) is 18.2 Å². The fourth-order valence-electron chi connectivity index (χ4n) is 4.57. The molecule has 5 rings (SSSR count). The number of hydrogen-bond acceptors (Lipinski definition) is 3. The van der Waals surface area contributed by atoms with Gasteiger partial charge in [-0.05, 0) is 60.9 Å². The molecule has 0 radical (unpaired) electrons. The Morgan fingerprint density at radius 2 is 1.90 bits per heavy atom. The molecule has 1 fully saturated rings. The topological polar surface area (TPSA) is 15.7 Å². The third-order valence-electron chi connectivity index (χ3n) is 6.03. The minimum Gasteiger partial charge on any atom is -0.487 e. The van der Waals surface area contributed by atoms with Gasteiger partial charge in [0.15, 0.2) is 0 Å². The highest BCUT2D eigenvalue weighted by Gasteiger charge is 2.32. The number of benzene rings is 3. The number of ether oxygens (including phenoxy) is 1. The summed E-state index contributed by atoms with van der Waals surface area (Å²) >= 11 is 6.13. The van der Waals surface area contributed by atoms with E-state index in [0.29, 0.717) is 12.6 Å². The van der Waals surface area contributed by atoms with Crippen LogP contribution >= 0.6 is 11.6 Å². The fourth-order valence-corrected chi connectivity index (χ4v) is 4.78. The lowest BCUT2D eigenvalue weighted by Gasteiger charge is -2.32. The van der Waals surface area contributed by atoms with Gasteiger partial charge in [0.2, 0.25) is 0 Å². The molecule has 30 heavy (non-hydrogen) atoms. The Morgan fingerprint density at radius 3 is 2.80 bits per heavy atom. The standard InChI is InChI=1S/C25H24ClFN2O/c26-20-5-3-4-18(14-20)10-12-28-13-11-22(16-28)29-23-9-8-21(27)15-19(23)17-30-25-7-2-1-6-24(25)29/h1-9,14-15,22H,10-13,16-17H2. The summed E-state index contributed by atoms with van der Waals surface area (Å²) in [5.41, 5.74) is 4.26. The number of rotatable bonds is 4. The Balaban J connectivity index is 1.38. The van der Waals surface area contributed by atoms with E-state index in [4.69, 9.17) is 16.3 Å². The van der Waals surface area contributed by atoms with E-state index in [1.807, 2.05) is 42.5 Å². The number of nitrogens with zero attached hydrogens (tertiary/aromatic N) is 2. The maximum atomic E-state index is 13.9. The lowest BCUT2D eigenvalue weighted by Crippen LogP contribution is -2.35. The van der Waals surface area contributed by atoms with Crippen molar-refractivity contribution in [1.82, 2.24) is 4.90 Å². The Morgan fingerprint density at radius 1 is 1.00 bits per heavy atom. The first-order valence-electron chi connectivity index (χ1n) is 10.4.